The number of phenols is 1. The predicted octanol–water partition coefficient (Wildman–Crippen LogP) is 6.20. The predicted molar refractivity (Wildman–Crippen MR) is 146 cm³/mol. The molecule has 188 valence electrons. The second-order valence-electron chi connectivity index (χ2n) is 11.6. The summed E-state index contributed by atoms with van der Waals surface area (Å²) >= 11 is 3.18. The van der Waals surface area contributed by atoms with E-state index in [1.54, 1.807) is 16.7 Å². The highest BCUT2D eigenvalue weighted by molar-refractivity contribution is 8.00. The summed E-state index contributed by atoms with van der Waals surface area (Å²) in [6.45, 7) is 6.70. The summed E-state index contributed by atoms with van der Waals surface area (Å²) in [6, 6.07) is 15.5. The lowest BCUT2D eigenvalue weighted by Crippen LogP contribution is -2.35. The number of amides is 1. The Balaban J connectivity index is 1.35. The number of fused-ring (bicyclic) bond motifs is 6. The first-order chi connectivity index (χ1) is 17.2. The zero-order chi connectivity index (χ0) is 25.2. The van der Waals surface area contributed by atoms with Crippen molar-refractivity contribution < 1.29 is 9.90 Å². The van der Waals surface area contributed by atoms with Crippen molar-refractivity contribution in [3.05, 3.63) is 74.2 Å². The molecule has 6 rings (SSSR count). The van der Waals surface area contributed by atoms with Gasteiger partial charge in [-0.05, 0) is 77.8 Å². The standard InChI is InChI=1S/C29H32N2O3S2/c1-29(2,3)19-8-6-16(7-9-19)23-24-17-4-5-18(14-17)25(24)35-27-26(23)36-28(34)31(27)15-22(33)30-20-10-12-21(32)13-11-20/h6-13,17-18,23-25,32H,4-5,14-15H2,1-3H3,(H,30,33). The maximum atomic E-state index is 13.3. The Morgan fingerprint density at radius 2 is 1.75 bits per heavy atom. The summed E-state index contributed by atoms with van der Waals surface area (Å²) in [7, 11) is 0. The monoisotopic (exact) mass is 520 g/mol. The maximum absolute atomic E-state index is 13.3. The van der Waals surface area contributed by atoms with Crippen LogP contribution in [0.25, 0.3) is 0 Å². The van der Waals surface area contributed by atoms with Crippen LogP contribution in [0, 0.1) is 17.8 Å². The molecule has 3 aliphatic rings. The van der Waals surface area contributed by atoms with Crippen LogP contribution < -0.4 is 10.2 Å². The lowest BCUT2D eigenvalue weighted by atomic mass is 9.74. The van der Waals surface area contributed by atoms with E-state index in [9.17, 15) is 14.7 Å². The van der Waals surface area contributed by atoms with E-state index >= 15 is 0 Å². The summed E-state index contributed by atoms with van der Waals surface area (Å²) in [5.41, 5.74) is 3.32. The first-order valence-electron chi connectivity index (χ1n) is 12.8. The Hall–Kier alpha value is -2.51. The molecular formula is C29H32N2O3S2. The molecule has 2 aliphatic carbocycles. The van der Waals surface area contributed by atoms with Crippen molar-refractivity contribution in [2.24, 2.45) is 17.8 Å². The Bertz CT molecular complexity index is 1350. The lowest BCUT2D eigenvalue weighted by molar-refractivity contribution is -0.116. The number of carbonyl (C=O) groups is 1. The molecule has 2 aromatic carbocycles. The van der Waals surface area contributed by atoms with Gasteiger partial charge in [0.25, 0.3) is 0 Å². The minimum atomic E-state index is -0.231. The first-order valence-corrected chi connectivity index (χ1v) is 14.5. The van der Waals surface area contributed by atoms with E-state index in [4.69, 9.17) is 0 Å². The number of thioether (sulfide) groups is 1. The van der Waals surface area contributed by atoms with Crippen molar-refractivity contribution in [2.45, 2.75) is 68.2 Å². The van der Waals surface area contributed by atoms with Gasteiger partial charge in [0.2, 0.25) is 5.91 Å². The smallest absolute Gasteiger partial charge is 0.308 e. The van der Waals surface area contributed by atoms with Crippen molar-refractivity contribution >= 4 is 34.7 Å². The Morgan fingerprint density at radius 3 is 2.44 bits per heavy atom. The highest BCUT2D eigenvalue weighted by Gasteiger charge is 2.55. The van der Waals surface area contributed by atoms with Crippen LogP contribution in [0.5, 0.6) is 5.75 Å². The second-order valence-corrected chi connectivity index (χ2v) is 13.7. The number of benzene rings is 2. The van der Waals surface area contributed by atoms with Gasteiger partial charge in [-0.15, -0.1) is 11.8 Å². The summed E-state index contributed by atoms with van der Waals surface area (Å²) in [4.78, 5) is 27.2. The molecule has 5 nitrogen and oxygen atoms in total. The fourth-order valence-corrected chi connectivity index (χ4v) is 9.69. The molecule has 3 aromatic rings. The molecule has 5 unspecified atom stereocenters. The van der Waals surface area contributed by atoms with E-state index in [-0.39, 0.29) is 34.4 Å². The van der Waals surface area contributed by atoms with Gasteiger partial charge in [-0.2, -0.15) is 0 Å². The molecule has 1 aliphatic heterocycles. The van der Waals surface area contributed by atoms with Crippen molar-refractivity contribution in [2.75, 3.05) is 5.32 Å². The molecule has 2 bridgehead atoms. The van der Waals surface area contributed by atoms with Crippen LogP contribution in [0.1, 0.15) is 62.0 Å². The first kappa shape index (κ1) is 23.9. The molecule has 2 fully saturated rings. The van der Waals surface area contributed by atoms with Gasteiger partial charge in [0, 0.05) is 21.7 Å². The van der Waals surface area contributed by atoms with Gasteiger partial charge in [0.1, 0.15) is 12.3 Å². The highest BCUT2D eigenvalue weighted by atomic mass is 32.2. The fourth-order valence-electron chi connectivity index (χ4n) is 6.54. The molecule has 1 aromatic heterocycles. The lowest BCUT2D eigenvalue weighted by Gasteiger charge is -2.40. The van der Waals surface area contributed by atoms with Crippen LogP contribution in [-0.2, 0) is 16.8 Å². The van der Waals surface area contributed by atoms with Crippen molar-refractivity contribution in [1.82, 2.24) is 4.57 Å². The van der Waals surface area contributed by atoms with Crippen LogP contribution in [-0.4, -0.2) is 20.8 Å². The molecule has 0 saturated heterocycles. The number of thiazole rings is 1. The molecule has 0 radical (unpaired) electrons. The summed E-state index contributed by atoms with van der Waals surface area (Å²) in [5.74, 6) is 2.11. The SMILES string of the molecule is CC(C)(C)c1ccc(C2c3sc(=O)n(CC(=O)Nc4ccc(O)cc4)c3SC3C4CCC(C4)C23)cc1. The summed E-state index contributed by atoms with van der Waals surface area (Å²) in [5, 5.41) is 13.9. The number of nitrogens with zero attached hydrogens (tertiary/aromatic N) is 1. The van der Waals surface area contributed by atoms with Crippen molar-refractivity contribution in [3.8, 4) is 5.75 Å². The number of hydrogen-bond acceptors (Lipinski definition) is 5. The zero-order valence-corrected chi connectivity index (χ0v) is 22.5. The van der Waals surface area contributed by atoms with Crippen LogP contribution in [0.15, 0.2) is 58.4 Å². The third-order valence-corrected chi connectivity index (χ3v) is 11.1. The molecule has 36 heavy (non-hydrogen) atoms. The number of rotatable bonds is 4. The summed E-state index contributed by atoms with van der Waals surface area (Å²) < 4.78 is 1.69. The highest BCUT2D eigenvalue weighted by Crippen LogP contribution is 2.64. The second kappa shape index (κ2) is 8.80. The maximum Gasteiger partial charge on any atom is 0.308 e. The zero-order valence-electron chi connectivity index (χ0n) is 20.9. The molecule has 2 N–H and O–H groups in total. The number of aromatic nitrogens is 1. The topological polar surface area (TPSA) is 71.3 Å². The molecule has 1 amide bonds. The van der Waals surface area contributed by atoms with Crippen molar-refractivity contribution in [3.63, 3.8) is 0 Å². The minimum absolute atomic E-state index is 0.000291. The molecule has 2 heterocycles. The number of aromatic hydroxyl groups is 1. The van der Waals surface area contributed by atoms with Gasteiger partial charge < -0.3 is 10.4 Å². The Kier molecular flexibility index (Phi) is 5.84. The van der Waals surface area contributed by atoms with Gasteiger partial charge in [-0.25, -0.2) is 0 Å². The third-order valence-electron chi connectivity index (χ3n) is 8.28. The van der Waals surface area contributed by atoms with Gasteiger partial charge in [-0.1, -0.05) is 56.4 Å². The largest absolute Gasteiger partial charge is 0.508 e. The van der Waals surface area contributed by atoms with E-state index in [1.165, 1.54) is 53.9 Å². The summed E-state index contributed by atoms with van der Waals surface area (Å²) in [6.07, 6.45) is 3.86. The fraction of sp³-hybridized carbons (Fsp3) is 0.448. The van der Waals surface area contributed by atoms with E-state index in [1.807, 2.05) is 11.8 Å². The van der Waals surface area contributed by atoms with Gasteiger partial charge in [-0.3, -0.25) is 14.2 Å². The average molecular weight is 521 g/mol. The molecule has 5 atom stereocenters. The average Bonchev–Trinajstić information content (AvgIpc) is 3.53. The molecule has 7 heteroatoms. The quantitative estimate of drug-likeness (QED) is 0.402. The molecular weight excluding hydrogens is 488 g/mol. The van der Waals surface area contributed by atoms with Gasteiger partial charge >= 0.3 is 4.87 Å². The number of anilines is 1. The van der Waals surface area contributed by atoms with E-state index in [0.717, 1.165) is 15.8 Å². The van der Waals surface area contributed by atoms with E-state index in [0.29, 0.717) is 22.8 Å². The van der Waals surface area contributed by atoms with Gasteiger partial charge in [0.05, 0.1) is 5.03 Å². The number of phenolic OH excluding ortho intramolecular Hbond substituents is 1. The van der Waals surface area contributed by atoms with Gasteiger partial charge in [0.15, 0.2) is 0 Å². The van der Waals surface area contributed by atoms with E-state index in [2.05, 4.69) is 50.4 Å². The van der Waals surface area contributed by atoms with Crippen LogP contribution in [0.2, 0.25) is 0 Å². The minimum Gasteiger partial charge on any atom is -0.508 e. The Morgan fingerprint density at radius 1 is 1.06 bits per heavy atom. The van der Waals surface area contributed by atoms with Crippen LogP contribution >= 0.6 is 23.1 Å². The third kappa shape index (κ3) is 4.10. The van der Waals surface area contributed by atoms with Crippen molar-refractivity contribution in [1.29, 1.82) is 0 Å². The Labute approximate surface area is 219 Å². The van der Waals surface area contributed by atoms with Crippen LogP contribution in [0.4, 0.5) is 5.69 Å². The number of hydrogen-bond donors (Lipinski definition) is 2. The number of carbonyl (C=O) groups excluding carboxylic acids is 1. The van der Waals surface area contributed by atoms with E-state index < -0.39 is 0 Å². The number of nitrogens with one attached hydrogen (secondary N) is 1. The molecule has 0 spiro atoms. The normalized spacial score (nSPS) is 26.5. The van der Waals surface area contributed by atoms with Crippen LogP contribution in [0.3, 0.4) is 0 Å². The molecule has 2 saturated carbocycles.